The number of sulfonamides is 1. The molecule has 0 saturated heterocycles. The Hall–Kier alpha value is -2.87. The Morgan fingerprint density at radius 1 is 1.07 bits per heavy atom. The van der Waals surface area contributed by atoms with Gasteiger partial charge < -0.3 is 10.1 Å². The number of hydrogen-bond donors (Lipinski definition) is 2. The first kappa shape index (κ1) is 20.9. The van der Waals surface area contributed by atoms with Crippen molar-refractivity contribution in [1.29, 1.82) is 0 Å². The summed E-state index contributed by atoms with van der Waals surface area (Å²) in [6.07, 6.45) is 3.59. The molecule has 1 aliphatic rings. The fourth-order valence-electron chi connectivity index (χ4n) is 2.95. The summed E-state index contributed by atoms with van der Waals surface area (Å²) >= 11 is 0. The van der Waals surface area contributed by atoms with Crippen LogP contribution in [-0.4, -0.2) is 33.3 Å². The Bertz CT molecular complexity index is 985. The van der Waals surface area contributed by atoms with Crippen molar-refractivity contribution in [2.75, 3.05) is 18.5 Å². The van der Waals surface area contributed by atoms with Crippen LogP contribution in [0.1, 0.15) is 31.2 Å². The van der Waals surface area contributed by atoms with Crippen LogP contribution in [0.5, 0.6) is 5.75 Å². The highest BCUT2D eigenvalue weighted by Gasteiger charge is 2.17. The second-order valence-electron chi connectivity index (χ2n) is 6.87. The number of hydrogen-bond acceptors (Lipinski definition) is 5. The smallest absolute Gasteiger partial charge is 0.262 e. The van der Waals surface area contributed by atoms with E-state index in [0.29, 0.717) is 30.2 Å². The van der Waals surface area contributed by atoms with Gasteiger partial charge in [0.15, 0.2) is 6.61 Å². The van der Waals surface area contributed by atoms with Crippen molar-refractivity contribution in [3.05, 3.63) is 54.1 Å². The Balaban J connectivity index is 1.57. The molecule has 2 aromatic rings. The molecule has 0 spiro atoms. The molecule has 154 valence electrons. The molecule has 0 unspecified atom stereocenters. The summed E-state index contributed by atoms with van der Waals surface area (Å²) in [5, 5.41) is 2.70. The van der Waals surface area contributed by atoms with Crippen LogP contribution in [0, 0.1) is 6.92 Å². The number of amidine groups is 1. The first-order valence-electron chi connectivity index (χ1n) is 9.58. The quantitative estimate of drug-likeness (QED) is 0.757. The molecule has 0 bridgehead atoms. The lowest BCUT2D eigenvalue weighted by Gasteiger charge is -2.11. The largest absolute Gasteiger partial charge is 0.483 e. The number of carbonyl (C=O) groups excluding carboxylic acids is 1. The second kappa shape index (κ2) is 9.56. The van der Waals surface area contributed by atoms with Gasteiger partial charge in [-0.15, -0.1) is 0 Å². The lowest BCUT2D eigenvalue weighted by Crippen LogP contribution is -2.30. The van der Waals surface area contributed by atoms with Crippen molar-refractivity contribution in [1.82, 2.24) is 4.72 Å². The van der Waals surface area contributed by atoms with Crippen molar-refractivity contribution in [2.24, 2.45) is 4.99 Å². The van der Waals surface area contributed by atoms with Gasteiger partial charge in [-0.05, 0) is 55.7 Å². The van der Waals surface area contributed by atoms with Gasteiger partial charge in [-0.1, -0.05) is 24.6 Å². The summed E-state index contributed by atoms with van der Waals surface area (Å²) in [4.78, 5) is 16.5. The van der Waals surface area contributed by atoms with Crippen molar-refractivity contribution in [3.8, 4) is 5.75 Å². The van der Waals surface area contributed by atoms with Gasteiger partial charge in [-0.3, -0.25) is 14.5 Å². The van der Waals surface area contributed by atoms with E-state index in [2.05, 4.69) is 15.0 Å². The van der Waals surface area contributed by atoms with Crippen LogP contribution < -0.4 is 14.8 Å². The molecule has 1 amide bonds. The number of amides is 1. The van der Waals surface area contributed by atoms with E-state index in [0.717, 1.165) is 24.8 Å². The summed E-state index contributed by atoms with van der Waals surface area (Å²) in [5.41, 5.74) is 1.44. The summed E-state index contributed by atoms with van der Waals surface area (Å²) in [7, 11) is -3.69. The van der Waals surface area contributed by atoms with E-state index >= 15 is 0 Å². The Morgan fingerprint density at radius 2 is 1.83 bits per heavy atom. The van der Waals surface area contributed by atoms with E-state index in [9.17, 15) is 13.2 Å². The molecule has 0 atom stereocenters. The lowest BCUT2D eigenvalue weighted by molar-refractivity contribution is -0.118. The Kier molecular flexibility index (Phi) is 6.87. The summed E-state index contributed by atoms with van der Waals surface area (Å²) in [6.45, 7) is 2.42. The number of benzene rings is 2. The zero-order valence-electron chi connectivity index (χ0n) is 16.3. The molecule has 0 aliphatic carbocycles. The molecule has 7 nitrogen and oxygen atoms in total. The summed E-state index contributed by atoms with van der Waals surface area (Å²) in [5.74, 6) is 0.833. The molecule has 2 aromatic carbocycles. The van der Waals surface area contributed by atoms with Crippen LogP contribution in [0.3, 0.4) is 0 Å². The van der Waals surface area contributed by atoms with Crippen LogP contribution in [0.4, 0.5) is 5.69 Å². The Morgan fingerprint density at radius 3 is 2.59 bits per heavy atom. The minimum absolute atomic E-state index is 0.124. The number of nitrogens with zero attached hydrogens (tertiary/aromatic N) is 1. The average molecular weight is 416 g/mol. The van der Waals surface area contributed by atoms with Gasteiger partial charge in [-0.25, -0.2) is 8.42 Å². The highest BCUT2D eigenvalue weighted by atomic mass is 32.2. The zero-order chi connectivity index (χ0) is 20.7. The third-order valence-corrected chi connectivity index (χ3v) is 5.92. The summed E-state index contributed by atoms with van der Waals surface area (Å²) in [6, 6.07) is 13.5. The fraction of sp³-hybridized carbons (Fsp3) is 0.333. The number of nitrogens with one attached hydrogen (secondary N) is 2. The van der Waals surface area contributed by atoms with Gasteiger partial charge in [0.05, 0.1) is 4.90 Å². The number of rotatable bonds is 6. The third-order valence-electron chi connectivity index (χ3n) is 4.53. The van der Waals surface area contributed by atoms with E-state index < -0.39 is 10.0 Å². The van der Waals surface area contributed by atoms with Crippen molar-refractivity contribution in [3.63, 3.8) is 0 Å². The fourth-order valence-corrected chi connectivity index (χ4v) is 4.04. The lowest BCUT2D eigenvalue weighted by atomic mass is 10.2. The normalized spacial score (nSPS) is 14.4. The SMILES string of the molecule is Cc1ccccc1OCC(=O)Nc1ccc(S(=O)(=O)NC2=NCCCCC2)cc1. The van der Waals surface area contributed by atoms with E-state index in [-0.39, 0.29) is 17.4 Å². The molecule has 8 heteroatoms. The first-order chi connectivity index (χ1) is 13.9. The third kappa shape index (κ3) is 6.05. The van der Waals surface area contributed by atoms with Gasteiger partial charge in [0, 0.05) is 18.7 Å². The van der Waals surface area contributed by atoms with E-state index in [4.69, 9.17) is 4.74 Å². The maximum absolute atomic E-state index is 12.5. The van der Waals surface area contributed by atoms with E-state index in [1.807, 2.05) is 25.1 Å². The molecule has 29 heavy (non-hydrogen) atoms. The number of anilines is 1. The standard InChI is InChI=1S/C21H25N3O4S/c1-16-7-4-5-8-19(16)28-15-21(25)23-17-10-12-18(13-11-17)29(26,27)24-20-9-3-2-6-14-22-20/h4-5,7-8,10-13H,2-3,6,9,14-15H2,1H3,(H,22,24)(H,23,25). The van der Waals surface area contributed by atoms with Crippen molar-refractivity contribution < 1.29 is 17.9 Å². The number of carbonyl (C=O) groups is 1. The molecule has 0 aromatic heterocycles. The first-order valence-corrected chi connectivity index (χ1v) is 11.1. The molecule has 2 N–H and O–H groups in total. The minimum Gasteiger partial charge on any atom is -0.483 e. The molecule has 3 rings (SSSR count). The van der Waals surface area contributed by atoms with Crippen LogP contribution in [0.15, 0.2) is 58.4 Å². The van der Waals surface area contributed by atoms with Crippen molar-refractivity contribution >= 4 is 27.5 Å². The average Bonchev–Trinajstić information content (AvgIpc) is 2.96. The van der Waals surface area contributed by atoms with E-state index in [1.54, 1.807) is 18.2 Å². The topological polar surface area (TPSA) is 96.9 Å². The Labute approximate surface area is 171 Å². The molecular weight excluding hydrogens is 390 g/mol. The number of aliphatic imine (C=N–C) groups is 1. The van der Waals surface area contributed by atoms with Gasteiger partial charge in [-0.2, -0.15) is 0 Å². The minimum atomic E-state index is -3.69. The zero-order valence-corrected chi connectivity index (χ0v) is 17.2. The van der Waals surface area contributed by atoms with Gasteiger partial charge >= 0.3 is 0 Å². The maximum atomic E-state index is 12.5. The van der Waals surface area contributed by atoms with Crippen LogP contribution in [0.25, 0.3) is 0 Å². The molecule has 1 aliphatic heterocycles. The second-order valence-corrected chi connectivity index (χ2v) is 8.55. The predicted octanol–water partition coefficient (Wildman–Crippen LogP) is 3.26. The van der Waals surface area contributed by atoms with Crippen LogP contribution >= 0.6 is 0 Å². The predicted molar refractivity (Wildman–Crippen MR) is 113 cm³/mol. The highest BCUT2D eigenvalue weighted by molar-refractivity contribution is 7.90. The molecule has 0 fully saturated rings. The van der Waals surface area contributed by atoms with Gasteiger partial charge in [0.2, 0.25) is 0 Å². The van der Waals surface area contributed by atoms with Crippen LogP contribution in [-0.2, 0) is 14.8 Å². The summed E-state index contributed by atoms with van der Waals surface area (Å²) < 4.78 is 33.2. The number of aryl methyl sites for hydroxylation is 1. The van der Waals surface area contributed by atoms with E-state index in [1.165, 1.54) is 12.1 Å². The molecule has 0 radical (unpaired) electrons. The molecular formula is C21H25N3O4S. The van der Waals surface area contributed by atoms with Gasteiger partial charge in [0.25, 0.3) is 15.9 Å². The molecule has 0 saturated carbocycles. The number of ether oxygens (including phenoxy) is 1. The monoisotopic (exact) mass is 415 g/mol. The highest BCUT2D eigenvalue weighted by Crippen LogP contribution is 2.17. The van der Waals surface area contributed by atoms with Gasteiger partial charge in [0.1, 0.15) is 11.6 Å². The van der Waals surface area contributed by atoms with Crippen LogP contribution in [0.2, 0.25) is 0 Å². The number of para-hydroxylation sites is 1. The van der Waals surface area contributed by atoms with Crippen molar-refractivity contribution in [2.45, 2.75) is 37.5 Å². The molecule has 1 heterocycles. The maximum Gasteiger partial charge on any atom is 0.262 e.